The highest BCUT2D eigenvalue weighted by Crippen LogP contribution is 2.32. The van der Waals surface area contributed by atoms with Crippen LogP contribution in [0.5, 0.6) is 0 Å². The first kappa shape index (κ1) is 9.76. The van der Waals surface area contributed by atoms with Crippen molar-refractivity contribution >= 4 is 5.91 Å². The van der Waals surface area contributed by atoms with Gasteiger partial charge in [0.25, 0.3) is 0 Å². The molecule has 2 rings (SSSR count). The van der Waals surface area contributed by atoms with E-state index >= 15 is 0 Å². The van der Waals surface area contributed by atoms with Crippen LogP contribution in [0.4, 0.5) is 13.2 Å². The minimum Gasteiger partial charge on any atom is -0.377 e. The summed E-state index contributed by atoms with van der Waals surface area (Å²) in [7, 11) is 0. The second-order valence-electron chi connectivity index (χ2n) is 3.63. The smallest absolute Gasteiger partial charge is 0.377 e. The topological polar surface area (TPSA) is 29.5 Å². The number of rotatable bonds is 0. The highest BCUT2D eigenvalue weighted by molar-refractivity contribution is 5.82. The van der Waals surface area contributed by atoms with E-state index in [1.807, 2.05) is 0 Å². The molecular weight excluding hydrogens is 199 g/mol. The minimum atomic E-state index is -4.75. The van der Waals surface area contributed by atoms with Crippen molar-refractivity contribution in [3.05, 3.63) is 0 Å². The lowest BCUT2D eigenvalue weighted by Crippen LogP contribution is -2.53. The number of alkyl halides is 3. The fraction of sp³-hybridized carbons (Fsp3) is 0.875. The fourth-order valence-corrected chi connectivity index (χ4v) is 2.11. The predicted molar refractivity (Wildman–Crippen MR) is 40.5 cm³/mol. The van der Waals surface area contributed by atoms with Gasteiger partial charge in [-0.15, -0.1) is 0 Å². The second-order valence-corrected chi connectivity index (χ2v) is 3.63. The standard InChI is InChI=1S/C8H10F3NO2/c9-8(10,11)7(13)12-5-1-2-6(12)4-14-3-5/h5-6H,1-4H2. The van der Waals surface area contributed by atoms with Crippen LogP contribution in [0.1, 0.15) is 12.8 Å². The summed E-state index contributed by atoms with van der Waals surface area (Å²) in [5.74, 6) is -1.71. The van der Waals surface area contributed by atoms with E-state index in [0.717, 1.165) is 4.90 Å². The number of fused-ring (bicyclic) bond motifs is 2. The first-order valence-electron chi connectivity index (χ1n) is 4.47. The van der Waals surface area contributed by atoms with Gasteiger partial charge in [0.15, 0.2) is 0 Å². The van der Waals surface area contributed by atoms with Crippen LogP contribution in [-0.2, 0) is 9.53 Å². The van der Waals surface area contributed by atoms with Crippen molar-refractivity contribution in [2.24, 2.45) is 0 Å². The van der Waals surface area contributed by atoms with E-state index in [4.69, 9.17) is 4.74 Å². The summed E-state index contributed by atoms with van der Waals surface area (Å²) in [6, 6.07) is -0.745. The third kappa shape index (κ3) is 1.47. The largest absolute Gasteiger partial charge is 0.471 e. The van der Waals surface area contributed by atoms with Crippen molar-refractivity contribution < 1.29 is 22.7 Å². The molecule has 1 amide bonds. The molecule has 3 nitrogen and oxygen atoms in total. The molecule has 0 aromatic rings. The molecule has 2 bridgehead atoms. The van der Waals surface area contributed by atoms with Crippen LogP contribution in [0.2, 0.25) is 0 Å². The van der Waals surface area contributed by atoms with E-state index in [-0.39, 0.29) is 25.3 Å². The molecule has 2 atom stereocenters. The van der Waals surface area contributed by atoms with E-state index in [1.165, 1.54) is 0 Å². The molecule has 0 aromatic carbocycles. The van der Waals surface area contributed by atoms with E-state index in [9.17, 15) is 18.0 Å². The molecule has 6 heteroatoms. The van der Waals surface area contributed by atoms with Crippen LogP contribution in [0.25, 0.3) is 0 Å². The summed E-state index contributed by atoms with van der Waals surface area (Å²) in [4.78, 5) is 12.0. The minimum absolute atomic E-state index is 0.234. The molecule has 2 aliphatic heterocycles. The van der Waals surface area contributed by atoms with E-state index in [2.05, 4.69) is 0 Å². The lowest BCUT2D eigenvalue weighted by Gasteiger charge is -2.34. The third-order valence-electron chi connectivity index (χ3n) is 2.72. The van der Waals surface area contributed by atoms with E-state index in [1.54, 1.807) is 0 Å². The Morgan fingerprint density at radius 3 is 2.14 bits per heavy atom. The maximum Gasteiger partial charge on any atom is 0.471 e. The normalized spacial score (nSPS) is 32.1. The molecule has 0 aliphatic carbocycles. The Labute approximate surface area is 78.8 Å². The SMILES string of the molecule is O=C(N1C2CCC1COC2)C(F)(F)F. The van der Waals surface area contributed by atoms with Crippen LogP contribution in [-0.4, -0.2) is 42.3 Å². The molecule has 14 heavy (non-hydrogen) atoms. The Kier molecular flexibility index (Phi) is 2.17. The van der Waals surface area contributed by atoms with Gasteiger partial charge in [0.05, 0.1) is 25.3 Å². The van der Waals surface area contributed by atoms with Gasteiger partial charge in [-0.1, -0.05) is 0 Å². The maximum atomic E-state index is 12.2. The van der Waals surface area contributed by atoms with Crippen LogP contribution in [0.15, 0.2) is 0 Å². The molecule has 2 fully saturated rings. The molecule has 0 saturated carbocycles. The number of hydrogen-bond donors (Lipinski definition) is 0. The number of ether oxygens (including phenoxy) is 1. The van der Waals surface area contributed by atoms with Crippen LogP contribution in [0.3, 0.4) is 0 Å². The summed E-state index contributed by atoms with van der Waals surface area (Å²) in [5.41, 5.74) is 0. The Morgan fingerprint density at radius 1 is 1.21 bits per heavy atom. The highest BCUT2D eigenvalue weighted by atomic mass is 19.4. The van der Waals surface area contributed by atoms with Gasteiger partial charge in [-0.3, -0.25) is 4.79 Å². The zero-order chi connectivity index (χ0) is 10.3. The number of amides is 1. The van der Waals surface area contributed by atoms with Crippen LogP contribution < -0.4 is 0 Å². The lowest BCUT2D eigenvalue weighted by atomic mass is 10.2. The highest BCUT2D eigenvalue weighted by Gasteiger charge is 2.50. The summed E-state index contributed by atoms with van der Waals surface area (Å²) in [5, 5.41) is 0. The Balaban J connectivity index is 2.15. The summed E-state index contributed by atoms with van der Waals surface area (Å²) < 4.78 is 41.6. The van der Waals surface area contributed by atoms with Crippen molar-refractivity contribution in [3.63, 3.8) is 0 Å². The summed E-state index contributed by atoms with van der Waals surface area (Å²) in [6.45, 7) is 0.469. The van der Waals surface area contributed by atoms with Gasteiger partial charge in [0, 0.05) is 0 Å². The van der Waals surface area contributed by atoms with Gasteiger partial charge in [0.1, 0.15) is 0 Å². The summed E-state index contributed by atoms with van der Waals surface area (Å²) in [6.07, 6.45) is -3.52. The first-order valence-corrected chi connectivity index (χ1v) is 4.47. The number of carbonyl (C=O) groups excluding carboxylic acids is 1. The van der Waals surface area contributed by atoms with Gasteiger partial charge in [-0.2, -0.15) is 13.2 Å². The average molecular weight is 209 g/mol. The molecular formula is C8H10F3NO2. The molecule has 80 valence electrons. The first-order chi connectivity index (χ1) is 6.50. The second kappa shape index (κ2) is 3.12. The van der Waals surface area contributed by atoms with Gasteiger partial charge >= 0.3 is 12.1 Å². The van der Waals surface area contributed by atoms with E-state index in [0.29, 0.717) is 12.8 Å². The Morgan fingerprint density at radius 2 is 1.71 bits per heavy atom. The zero-order valence-electron chi connectivity index (χ0n) is 7.38. The molecule has 0 aromatic heterocycles. The number of halogens is 3. The van der Waals surface area contributed by atoms with Gasteiger partial charge in [-0.25, -0.2) is 0 Å². The van der Waals surface area contributed by atoms with Crippen molar-refractivity contribution in [1.82, 2.24) is 4.90 Å². The van der Waals surface area contributed by atoms with Crippen molar-refractivity contribution in [2.45, 2.75) is 31.1 Å². The van der Waals surface area contributed by atoms with Gasteiger partial charge < -0.3 is 9.64 Å². The zero-order valence-corrected chi connectivity index (χ0v) is 7.38. The monoisotopic (exact) mass is 209 g/mol. The molecule has 2 unspecified atom stereocenters. The third-order valence-corrected chi connectivity index (χ3v) is 2.72. The molecule has 2 saturated heterocycles. The number of nitrogens with zero attached hydrogens (tertiary/aromatic N) is 1. The fourth-order valence-electron chi connectivity index (χ4n) is 2.11. The molecule has 2 heterocycles. The average Bonchev–Trinajstić information content (AvgIpc) is 2.32. The van der Waals surface area contributed by atoms with Crippen LogP contribution >= 0.6 is 0 Å². The predicted octanol–water partition coefficient (Wildman–Crippen LogP) is 0.938. The van der Waals surface area contributed by atoms with Crippen molar-refractivity contribution in [1.29, 1.82) is 0 Å². The Bertz CT molecular complexity index is 237. The quantitative estimate of drug-likeness (QED) is 0.594. The molecule has 2 aliphatic rings. The number of morpholine rings is 1. The van der Waals surface area contributed by atoms with Crippen LogP contribution in [0, 0.1) is 0 Å². The molecule has 0 radical (unpaired) electrons. The van der Waals surface area contributed by atoms with Gasteiger partial charge in [-0.05, 0) is 12.8 Å². The number of carbonyl (C=O) groups is 1. The van der Waals surface area contributed by atoms with Crippen molar-refractivity contribution in [3.8, 4) is 0 Å². The number of hydrogen-bond acceptors (Lipinski definition) is 2. The Hall–Kier alpha value is -0.780. The van der Waals surface area contributed by atoms with E-state index < -0.39 is 12.1 Å². The van der Waals surface area contributed by atoms with Crippen molar-refractivity contribution in [2.75, 3.05) is 13.2 Å². The summed E-state index contributed by atoms with van der Waals surface area (Å²) >= 11 is 0. The molecule has 0 N–H and O–H groups in total. The van der Waals surface area contributed by atoms with Gasteiger partial charge in [0.2, 0.25) is 0 Å². The lowest BCUT2D eigenvalue weighted by molar-refractivity contribution is -0.193. The molecule has 0 spiro atoms. The maximum absolute atomic E-state index is 12.2.